The lowest BCUT2D eigenvalue weighted by atomic mass is 10.0. The molecule has 6 nitrogen and oxygen atoms in total. The van der Waals surface area contributed by atoms with E-state index in [2.05, 4.69) is 26.6 Å². The number of rotatable bonds is 8. The van der Waals surface area contributed by atoms with Gasteiger partial charge < -0.3 is 10.6 Å². The van der Waals surface area contributed by atoms with Gasteiger partial charge in [-0.25, -0.2) is 8.42 Å². The first-order valence-corrected chi connectivity index (χ1v) is 13.8. The summed E-state index contributed by atoms with van der Waals surface area (Å²) in [7, 11) is -1.77. The predicted octanol–water partition coefficient (Wildman–Crippen LogP) is 4.64. The van der Waals surface area contributed by atoms with Crippen molar-refractivity contribution in [2.45, 2.75) is 43.5 Å². The topological polar surface area (TPSA) is 78.5 Å². The van der Waals surface area contributed by atoms with Gasteiger partial charge in [-0.2, -0.15) is 13.2 Å². The molecule has 1 saturated heterocycles. The van der Waals surface area contributed by atoms with E-state index in [1.165, 1.54) is 31.2 Å². The van der Waals surface area contributed by atoms with E-state index in [1.807, 2.05) is 11.9 Å². The van der Waals surface area contributed by atoms with Gasteiger partial charge in [0, 0.05) is 47.3 Å². The maximum atomic E-state index is 13.9. The average Bonchev–Trinajstić information content (AvgIpc) is 3.25. The van der Waals surface area contributed by atoms with E-state index in [0.29, 0.717) is 13.1 Å². The lowest BCUT2D eigenvalue weighted by Gasteiger charge is -2.22. The third kappa shape index (κ3) is 6.76. The Morgan fingerprint density at radius 2 is 1.97 bits per heavy atom. The third-order valence-corrected chi connectivity index (χ3v) is 8.77. The number of carbonyl (C=O) groups is 1. The molecule has 0 saturated carbocycles. The van der Waals surface area contributed by atoms with Gasteiger partial charge in [-0.05, 0) is 54.9 Å². The molecule has 1 atom stereocenters. The minimum atomic E-state index is -4.66. The number of amides is 1. The molecular formula is C23H26BrClF3N3O3S. The standard InChI is InChI=1S/C23H26BrClF3N3O3S/c1-3-35(33,34)21-5-4-16(25)8-15(21)11-30-22(32)14-9-19(23(26,27)28)18(20(24)10-14)13-31-7-6-17(12-31)29-2/h4-5,8-10,17,29H,3,6-7,11-13H2,1-2H3,(H,30,32)/t17-/m1/s1. The molecule has 1 amide bonds. The van der Waals surface area contributed by atoms with Gasteiger partial charge in [-0.15, -0.1) is 0 Å². The molecule has 1 heterocycles. The predicted molar refractivity (Wildman–Crippen MR) is 132 cm³/mol. The summed E-state index contributed by atoms with van der Waals surface area (Å²) in [5.41, 5.74) is -0.754. The third-order valence-electron chi connectivity index (χ3n) is 6.00. The molecule has 35 heavy (non-hydrogen) atoms. The van der Waals surface area contributed by atoms with Crippen LogP contribution in [0.2, 0.25) is 5.02 Å². The number of hydrogen-bond donors (Lipinski definition) is 2. The molecule has 1 fully saturated rings. The van der Waals surface area contributed by atoms with Crippen LogP contribution in [0, 0.1) is 0 Å². The molecule has 0 unspecified atom stereocenters. The molecular weight excluding hydrogens is 571 g/mol. The zero-order valence-corrected chi connectivity index (χ0v) is 22.3. The Hall–Kier alpha value is -1.66. The van der Waals surface area contributed by atoms with Crippen LogP contribution in [0.4, 0.5) is 13.2 Å². The Bertz CT molecular complexity index is 1210. The minimum Gasteiger partial charge on any atom is -0.348 e. The lowest BCUT2D eigenvalue weighted by molar-refractivity contribution is -0.138. The Balaban J connectivity index is 1.86. The number of carbonyl (C=O) groups excluding carboxylic acids is 1. The normalized spacial score (nSPS) is 17.1. The molecule has 2 N–H and O–H groups in total. The van der Waals surface area contributed by atoms with Crippen LogP contribution < -0.4 is 10.6 Å². The Morgan fingerprint density at radius 1 is 1.26 bits per heavy atom. The van der Waals surface area contributed by atoms with Gasteiger partial charge in [0.05, 0.1) is 16.2 Å². The van der Waals surface area contributed by atoms with E-state index in [0.717, 1.165) is 12.5 Å². The number of alkyl halides is 3. The molecule has 12 heteroatoms. The molecule has 192 valence electrons. The van der Waals surface area contributed by atoms with Crippen LogP contribution in [0.25, 0.3) is 0 Å². The smallest absolute Gasteiger partial charge is 0.348 e. The maximum Gasteiger partial charge on any atom is 0.416 e. The summed E-state index contributed by atoms with van der Waals surface area (Å²) in [4.78, 5) is 14.8. The molecule has 1 aliphatic heterocycles. The summed E-state index contributed by atoms with van der Waals surface area (Å²) < 4.78 is 66.8. The second-order valence-electron chi connectivity index (χ2n) is 8.33. The lowest BCUT2D eigenvalue weighted by Crippen LogP contribution is -2.30. The van der Waals surface area contributed by atoms with Gasteiger partial charge in [-0.3, -0.25) is 9.69 Å². The summed E-state index contributed by atoms with van der Waals surface area (Å²) in [5, 5.41) is 5.93. The highest BCUT2D eigenvalue weighted by Gasteiger charge is 2.36. The van der Waals surface area contributed by atoms with Crippen molar-refractivity contribution in [2.24, 2.45) is 0 Å². The highest BCUT2D eigenvalue weighted by molar-refractivity contribution is 9.10. The summed E-state index contributed by atoms with van der Waals surface area (Å²) in [6.07, 6.45) is -3.82. The Labute approximate surface area is 216 Å². The fourth-order valence-corrected chi connectivity index (χ4v) is 5.94. The van der Waals surface area contributed by atoms with Gasteiger partial charge in [0.2, 0.25) is 0 Å². The second kappa shape index (κ2) is 11.2. The zero-order chi connectivity index (χ0) is 26.0. The van der Waals surface area contributed by atoms with Crippen LogP contribution in [0.5, 0.6) is 0 Å². The van der Waals surface area contributed by atoms with Gasteiger partial charge in [0.25, 0.3) is 5.91 Å². The van der Waals surface area contributed by atoms with Gasteiger partial charge in [0.15, 0.2) is 9.84 Å². The van der Waals surface area contributed by atoms with Crippen molar-refractivity contribution in [2.75, 3.05) is 25.9 Å². The molecule has 2 aromatic rings. The molecule has 0 spiro atoms. The number of nitrogens with one attached hydrogen (secondary N) is 2. The first-order valence-electron chi connectivity index (χ1n) is 10.9. The molecule has 0 radical (unpaired) electrons. The van der Waals surface area contributed by atoms with Gasteiger partial charge >= 0.3 is 6.18 Å². The number of halogens is 5. The summed E-state index contributed by atoms with van der Waals surface area (Å²) in [5.74, 6) is -0.913. The average molecular weight is 597 g/mol. The SMILES string of the molecule is CCS(=O)(=O)c1ccc(Cl)cc1CNC(=O)c1cc(Br)c(CN2CC[C@@H](NC)C2)c(C(F)(F)F)c1. The number of likely N-dealkylation sites (N-methyl/N-ethyl adjacent to an activating group) is 1. The molecule has 3 rings (SSSR count). The highest BCUT2D eigenvalue weighted by Crippen LogP contribution is 2.37. The van der Waals surface area contributed by atoms with Crippen molar-refractivity contribution < 1.29 is 26.4 Å². The summed E-state index contributed by atoms with van der Waals surface area (Å²) in [6, 6.07) is 6.61. The minimum absolute atomic E-state index is 0.0164. The molecule has 0 aliphatic carbocycles. The van der Waals surface area contributed by atoms with Crippen LogP contribution in [-0.4, -0.2) is 51.2 Å². The van der Waals surface area contributed by atoms with Crippen molar-refractivity contribution in [1.82, 2.24) is 15.5 Å². The van der Waals surface area contributed by atoms with Crippen LogP contribution in [0.15, 0.2) is 39.7 Å². The molecule has 0 bridgehead atoms. The molecule has 2 aromatic carbocycles. The van der Waals surface area contributed by atoms with E-state index >= 15 is 0 Å². The number of sulfone groups is 1. The van der Waals surface area contributed by atoms with Crippen LogP contribution >= 0.6 is 27.5 Å². The number of nitrogens with zero attached hydrogens (tertiary/aromatic N) is 1. The monoisotopic (exact) mass is 595 g/mol. The van der Waals surface area contributed by atoms with E-state index < -0.39 is 27.5 Å². The van der Waals surface area contributed by atoms with Crippen LogP contribution in [0.1, 0.15) is 40.4 Å². The number of likely N-dealkylation sites (tertiary alicyclic amines) is 1. The van der Waals surface area contributed by atoms with Gasteiger partial charge in [-0.1, -0.05) is 34.5 Å². The van der Waals surface area contributed by atoms with E-state index in [1.54, 1.807) is 0 Å². The first kappa shape index (κ1) is 27.9. The second-order valence-corrected chi connectivity index (χ2v) is 11.9. The first-order chi connectivity index (χ1) is 16.4. The fourth-order valence-electron chi connectivity index (χ4n) is 4.04. The van der Waals surface area contributed by atoms with Crippen molar-refractivity contribution in [1.29, 1.82) is 0 Å². The summed E-state index contributed by atoms with van der Waals surface area (Å²) >= 11 is 9.22. The van der Waals surface area contributed by atoms with Crippen LogP contribution in [-0.2, 0) is 29.1 Å². The molecule has 1 aliphatic rings. The van der Waals surface area contributed by atoms with E-state index in [9.17, 15) is 26.4 Å². The Morgan fingerprint density at radius 3 is 2.57 bits per heavy atom. The highest BCUT2D eigenvalue weighted by atomic mass is 79.9. The van der Waals surface area contributed by atoms with E-state index in [4.69, 9.17) is 11.6 Å². The fraction of sp³-hybridized carbons (Fsp3) is 0.435. The van der Waals surface area contributed by atoms with Gasteiger partial charge in [0.1, 0.15) is 0 Å². The number of hydrogen-bond acceptors (Lipinski definition) is 5. The molecule has 0 aromatic heterocycles. The zero-order valence-electron chi connectivity index (χ0n) is 19.2. The number of benzene rings is 2. The van der Waals surface area contributed by atoms with Crippen molar-refractivity contribution >= 4 is 43.3 Å². The largest absolute Gasteiger partial charge is 0.416 e. The summed E-state index contributed by atoms with van der Waals surface area (Å²) in [6.45, 7) is 2.67. The van der Waals surface area contributed by atoms with Crippen molar-refractivity contribution in [3.8, 4) is 0 Å². The van der Waals surface area contributed by atoms with Crippen molar-refractivity contribution in [3.63, 3.8) is 0 Å². The van der Waals surface area contributed by atoms with Crippen molar-refractivity contribution in [3.05, 3.63) is 62.1 Å². The maximum absolute atomic E-state index is 13.9. The quantitative estimate of drug-likeness (QED) is 0.465. The van der Waals surface area contributed by atoms with E-state index in [-0.39, 0.29) is 56.0 Å². The van der Waals surface area contributed by atoms with Crippen LogP contribution in [0.3, 0.4) is 0 Å². The Kier molecular flexibility index (Phi) is 8.91.